The second-order valence-corrected chi connectivity index (χ2v) is 7.64. The van der Waals surface area contributed by atoms with E-state index in [-0.39, 0.29) is 29.3 Å². The molecule has 2 aromatic heterocycles. The molecule has 0 amide bonds. The Morgan fingerprint density at radius 2 is 2.04 bits per heavy atom. The van der Waals surface area contributed by atoms with Crippen LogP contribution in [-0.2, 0) is 4.74 Å². The zero-order valence-corrected chi connectivity index (χ0v) is 16.0. The minimum absolute atomic E-state index is 0.0503. The van der Waals surface area contributed by atoms with Gasteiger partial charge in [0.2, 0.25) is 5.89 Å². The number of hydrogen-bond donors (Lipinski definition) is 0. The van der Waals surface area contributed by atoms with Crippen LogP contribution in [0.25, 0.3) is 22.7 Å². The smallest absolute Gasteiger partial charge is 0.446 e. The lowest BCUT2D eigenvalue weighted by atomic mass is 10.3. The largest absolute Gasteiger partial charge is 0.466 e. The SMILES string of the molecule is CCSc1cc(OCOC)cnc1-c1nc2cc(SC(F)(F)F)ccc2o1. The highest BCUT2D eigenvalue weighted by molar-refractivity contribution is 8.00. The highest BCUT2D eigenvalue weighted by atomic mass is 32.2. The van der Waals surface area contributed by atoms with Gasteiger partial charge in [0, 0.05) is 16.9 Å². The van der Waals surface area contributed by atoms with E-state index >= 15 is 0 Å². The summed E-state index contributed by atoms with van der Waals surface area (Å²) >= 11 is 1.34. The number of pyridine rings is 1. The van der Waals surface area contributed by atoms with E-state index in [0.717, 1.165) is 10.6 Å². The van der Waals surface area contributed by atoms with Crippen molar-refractivity contribution in [2.75, 3.05) is 19.7 Å². The van der Waals surface area contributed by atoms with Crippen molar-refractivity contribution >= 4 is 34.6 Å². The van der Waals surface area contributed by atoms with E-state index in [0.29, 0.717) is 22.5 Å². The highest BCUT2D eigenvalue weighted by Crippen LogP contribution is 2.39. The zero-order valence-electron chi connectivity index (χ0n) is 14.4. The molecular weight excluding hydrogens is 401 g/mol. The van der Waals surface area contributed by atoms with Gasteiger partial charge in [-0.3, -0.25) is 0 Å². The summed E-state index contributed by atoms with van der Waals surface area (Å²) in [6.07, 6.45) is 1.52. The van der Waals surface area contributed by atoms with Crippen LogP contribution in [0.1, 0.15) is 6.92 Å². The van der Waals surface area contributed by atoms with Crippen molar-refractivity contribution in [3.05, 3.63) is 30.5 Å². The van der Waals surface area contributed by atoms with Crippen molar-refractivity contribution in [1.29, 1.82) is 0 Å². The Morgan fingerprint density at radius 1 is 1.22 bits per heavy atom. The summed E-state index contributed by atoms with van der Waals surface area (Å²) in [5.41, 5.74) is -3.11. The van der Waals surface area contributed by atoms with Crippen LogP contribution in [-0.4, -0.2) is 35.1 Å². The lowest BCUT2D eigenvalue weighted by Gasteiger charge is -2.08. The standard InChI is InChI=1S/C17H15F3N2O3S2/c1-3-26-14-6-10(24-9-23-2)8-21-15(14)16-22-12-7-11(27-17(18,19)20)4-5-13(12)25-16/h4-8H,3,9H2,1-2H3. The predicted molar refractivity (Wildman–Crippen MR) is 98.1 cm³/mol. The minimum atomic E-state index is -4.36. The molecule has 0 fully saturated rings. The van der Waals surface area contributed by atoms with E-state index in [1.54, 1.807) is 6.07 Å². The number of rotatable bonds is 7. The maximum Gasteiger partial charge on any atom is 0.446 e. The normalized spacial score (nSPS) is 11.9. The second kappa shape index (κ2) is 8.41. The van der Waals surface area contributed by atoms with Crippen molar-refractivity contribution in [3.63, 3.8) is 0 Å². The van der Waals surface area contributed by atoms with Gasteiger partial charge in [0.25, 0.3) is 0 Å². The highest BCUT2D eigenvalue weighted by Gasteiger charge is 2.29. The van der Waals surface area contributed by atoms with E-state index in [4.69, 9.17) is 13.9 Å². The second-order valence-electron chi connectivity index (χ2n) is 5.20. The Balaban J connectivity index is 1.96. The molecule has 0 unspecified atom stereocenters. The van der Waals surface area contributed by atoms with Crippen LogP contribution in [0.15, 0.2) is 44.7 Å². The maximum atomic E-state index is 12.6. The van der Waals surface area contributed by atoms with Crippen LogP contribution >= 0.6 is 23.5 Å². The van der Waals surface area contributed by atoms with Crippen LogP contribution in [0, 0.1) is 0 Å². The Kier molecular flexibility index (Phi) is 6.18. The van der Waals surface area contributed by atoms with Gasteiger partial charge in [-0.15, -0.1) is 11.8 Å². The number of aromatic nitrogens is 2. The molecule has 0 radical (unpaired) electrons. The van der Waals surface area contributed by atoms with Gasteiger partial charge in [-0.05, 0) is 41.8 Å². The van der Waals surface area contributed by atoms with Gasteiger partial charge in [-0.25, -0.2) is 9.97 Å². The summed E-state index contributed by atoms with van der Waals surface area (Å²) in [6.45, 7) is 2.09. The molecule has 2 heterocycles. The quantitative estimate of drug-likeness (QED) is 0.367. The third-order valence-corrected chi connectivity index (χ3v) is 4.90. The maximum absolute atomic E-state index is 12.6. The molecule has 3 aromatic rings. The van der Waals surface area contributed by atoms with E-state index in [1.807, 2.05) is 6.92 Å². The zero-order chi connectivity index (χ0) is 19.4. The Morgan fingerprint density at radius 3 is 2.74 bits per heavy atom. The number of methoxy groups -OCH3 is 1. The predicted octanol–water partition coefficient (Wildman–Crippen LogP) is 5.60. The number of oxazole rings is 1. The minimum Gasteiger partial charge on any atom is -0.466 e. The number of fused-ring (bicyclic) bond motifs is 1. The molecule has 0 saturated heterocycles. The number of halogens is 3. The number of nitrogens with zero attached hydrogens (tertiary/aromatic N) is 2. The van der Waals surface area contributed by atoms with Gasteiger partial charge in [0.15, 0.2) is 12.4 Å². The molecule has 0 aliphatic carbocycles. The summed E-state index contributed by atoms with van der Waals surface area (Å²) in [5.74, 6) is 1.57. The van der Waals surface area contributed by atoms with Gasteiger partial charge >= 0.3 is 5.51 Å². The van der Waals surface area contributed by atoms with E-state index in [2.05, 4.69) is 9.97 Å². The third kappa shape index (κ3) is 5.08. The summed E-state index contributed by atoms with van der Waals surface area (Å²) in [4.78, 5) is 9.52. The average Bonchev–Trinajstić information content (AvgIpc) is 3.02. The fourth-order valence-electron chi connectivity index (χ4n) is 2.26. The molecule has 0 aliphatic heterocycles. The molecule has 0 N–H and O–H groups in total. The molecule has 0 bridgehead atoms. The van der Waals surface area contributed by atoms with Gasteiger partial charge in [0.05, 0.1) is 6.20 Å². The van der Waals surface area contributed by atoms with Crippen LogP contribution in [0.2, 0.25) is 0 Å². The first-order valence-corrected chi connectivity index (χ1v) is 9.61. The lowest BCUT2D eigenvalue weighted by molar-refractivity contribution is -0.0328. The first kappa shape index (κ1) is 19.8. The van der Waals surface area contributed by atoms with E-state index in [9.17, 15) is 13.2 Å². The summed E-state index contributed by atoms with van der Waals surface area (Å²) in [6, 6.07) is 5.98. The summed E-state index contributed by atoms with van der Waals surface area (Å²) in [7, 11) is 1.52. The molecule has 0 aliphatic rings. The van der Waals surface area contributed by atoms with Crippen LogP contribution in [0.3, 0.4) is 0 Å². The van der Waals surface area contributed by atoms with Gasteiger partial charge in [0.1, 0.15) is 17.0 Å². The van der Waals surface area contributed by atoms with Crippen LogP contribution < -0.4 is 4.74 Å². The fourth-order valence-corrected chi connectivity index (χ4v) is 3.63. The molecule has 1 aromatic carbocycles. The van der Waals surface area contributed by atoms with Crippen molar-refractivity contribution < 1.29 is 27.1 Å². The number of benzene rings is 1. The Hall–Kier alpha value is -1.91. The van der Waals surface area contributed by atoms with Crippen molar-refractivity contribution in [1.82, 2.24) is 9.97 Å². The average molecular weight is 416 g/mol. The number of thioether (sulfide) groups is 2. The Bertz CT molecular complexity index is 931. The van der Waals surface area contributed by atoms with Crippen molar-refractivity contribution in [2.24, 2.45) is 0 Å². The lowest BCUT2D eigenvalue weighted by Crippen LogP contribution is -2.00. The molecule has 0 saturated carbocycles. The molecule has 3 rings (SSSR count). The number of alkyl halides is 3. The third-order valence-electron chi connectivity index (χ3n) is 3.27. The van der Waals surface area contributed by atoms with Crippen LogP contribution in [0.4, 0.5) is 13.2 Å². The van der Waals surface area contributed by atoms with Crippen LogP contribution in [0.5, 0.6) is 5.75 Å². The summed E-state index contributed by atoms with van der Waals surface area (Å²) in [5, 5.41) is 0. The molecule has 27 heavy (non-hydrogen) atoms. The molecule has 0 atom stereocenters. The molecular formula is C17H15F3N2O3S2. The molecule has 5 nitrogen and oxygen atoms in total. The van der Waals surface area contributed by atoms with E-state index < -0.39 is 5.51 Å². The van der Waals surface area contributed by atoms with Crippen molar-refractivity contribution in [2.45, 2.75) is 22.2 Å². The topological polar surface area (TPSA) is 57.4 Å². The Labute approximate surface area is 161 Å². The van der Waals surface area contributed by atoms with Gasteiger partial charge < -0.3 is 13.9 Å². The van der Waals surface area contributed by atoms with Crippen molar-refractivity contribution in [3.8, 4) is 17.3 Å². The molecule has 144 valence electrons. The summed E-state index contributed by atoms with van der Waals surface area (Å²) < 4.78 is 53.7. The monoisotopic (exact) mass is 416 g/mol. The fraction of sp³-hybridized carbons (Fsp3) is 0.294. The molecule has 0 spiro atoms. The first-order valence-electron chi connectivity index (χ1n) is 7.81. The van der Waals surface area contributed by atoms with Gasteiger partial charge in [-0.2, -0.15) is 13.2 Å². The number of hydrogen-bond acceptors (Lipinski definition) is 7. The number of ether oxygens (including phenoxy) is 2. The van der Waals surface area contributed by atoms with E-state index in [1.165, 1.54) is 43.3 Å². The molecule has 10 heteroatoms. The van der Waals surface area contributed by atoms with Gasteiger partial charge in [-0.1, -0.05) is 6.92 Å². The first-order chi connectivity index (χ1) is 12.9.